The maximum atomic E-state index is 12.8. The van der Waals surface area contributed by atoms with Crippen molar-refractivity contribution in [2.75, 3.05) is 24.3 Å². The molecule has 4 heteroatoms. The van der Waals surface area contributed by atoms with Crippen LogP contribution in [0, 0.1) is 0 Å². The summed E-state index contributed by atoms with van der Waals surface area (Å²) < 4.78 is 5.58. The zero-order valence-corrected chi connectivity index (χ0v) is 15.9. The normalized spacial score (nSPS) is 11.9. The lowest BCUT2D eigenvalue weighted by Gasteiger charge is -2.21. The summed E-state index contributed by atoms with van der Waals surface area (Å²) >= 11 is 0. The van der Waals surface area contributed by atoms with E-state index in [1.807, 2.05) is 99.0 Å². The van der Waals surface area contributed by atoms with Gasteiger partial charge in [0.15, 0.2) is 0 Å². The Morgan fingerprint density at radius 3 is 2.25 bits per heavy atom. The fourth-order valence-corrected chi connectivity index (χ4v) is 3.29. The van der Waals surface area contributed by atoms with Crippen LogP contribution in [-0.4, -0.2) is 14.1 Å². The van der Waals surface area contributed by atoms with Crippen molar-refractivity contribution in [3.8, 4) is 0 Å². The van der Waals surface area contributed by atoms with Gasteiger partial charge in [0.2, 0.25) is 0 Å². The van der Waals surface area contributed by atoms with Gasteiger partial charge >= 0.3 is 5.63 Å². The van der Waals surface area contributed by atoms with Crippen molar-refractivity contribution < 1.29 is 4.42 Å². The minimum absolute atomic E-state index is 0.313. The van der Waals surface area contributed by atoms with Gasteiger partial charge in [0.05, 0.1) is 11.6 Å². The summed E-state index contributed by atoms with van der Waals surface area (Å²) in [5.41, 5.74) is 3.91. The minimum Gasteiger partial charge on any atom is -0.422 e. The lowest BCUT2D eigenvalue weighted by Crippen LogP contribution is -2.20. The average Bonchev–Trinajstić information content (AvgIpc) is 2.72. The summed E-state index contributed by atoms with van der Waals surface area (Å²) in [5, 5.41) is 4.41. The molecule has 0 bridgehead atoms. The molecule has 1 unspecified atom stereocenters. The molecule has 1 aromatic heterocycles. The van der Waals surface area contributed by atoms with Crippen LogP contribution in [0.25, 0.3) is 11.0 Å². The topological polar surface area (TPSA) is 45.5 Å². The lowest BCUT2D eigenvalue weighted by atomic mass is 9.98. The van der Waals surface area contributed by atoms with Crippen molar-refractivity contribution >= 4 is 22.3 Å². The Hall–Kier alpha value is -3.53. The van der Waals surface area contributed by atoms with Gasteiger partial charge in [-0.15, -0.1) is 0 Å². The molecule has 0 saturated heterocycles. The maximum Gasteiger partial charge on any atom is 0.341 e. The predicted octanol–water partition coefficient (Wildman–Crippen LogP) is 5.06. The van der Waals surface area contributed by atoms with Gasteiger partial charge in [-0.1, -0.05) is 48.5 Å². The molecular formula is C24H22N2O2. The van der Waals surface area contributed by atoms with Crippen LogP contribution in [0.4, 0.5) is 11.4 Å². The van der Waals surface area contributed by atoms with Crippen molar-refractivity contribution in [1.29, 1.82) is 0 Å². The van der Waals surface area contributed by atoms with Crippen molar-refractivity contribution in [3.05, 3.63) is 106 Å². The van der Waals surface area contributed by atoms with E-state index in [2.05, 4.69) is 10.2 Å². The third kappa shape index (κ3) is 3.62. The highest BCUT2D eigenvalue weighted by Gasteiger charge is 2.19. The second-order valence-corrected chi connectivity index (χ2v) is 6.96. The molecule has 0 spiro atoms. The van der Waals surface area contributed by atoms with Gasteiger partial charge in [-0.3, -0.25) is 0 Å². The number of anilines is 2. The number of nitrogens with one attached hydrogen (secondary N) is 1. The van der Waals surface area contributed by atoms with E-state index >= 15 is 0 Å². The zero-order valence-electron chi connectivity index (χ0n) is 15.9. The van der Waals surface area contributed by atoms with Crippen LogP contribution < -0.4 is 15.8 Å². The quantitative estimate of drug-likeness (QED) is 0.499. The van der Waals surface area contributed by atoms with Crippen LogP contribution in [-0.2, 0) is 0 Å². The Bertz CT molecular complexity index is 1130. The van der Waals surface area contributed by atoms with Gasteiger partial charge in [0.1, 0.15) is 5.58 Å². The monoisotopic (exact) mass is 370 g/mol. The molecule has 0 aliphatic heterocycles. The second kappa shape index (κ2) is 7.61. The first-order chi connectivity index (χ1) is 13.6. The van der Waals surface area contributed by atoms with E-state index in [9.17, 15) is 4.79 Å². The molecule has 0 radical (unpaired) electrons. The highest BCUT2D eigenvalue weighted by Crippen LogP contribution is 2.27. The van der Waals surface area contributed by atoms with Crippen LogP contribution in [0.15, 0.2) is 94.1 Å². The van der Waals surface area contributed by atoms with Gasteiger partial charge in [-0.2, -0.15) is 0 Å². The summed E-state index contributed by atoms with van der Waals surface area (Å²) in [4.78, 5) is 14.8. The van der Waals surface area contributed by atoms with Crippen LogP contribution in [0.1, 0.15) is 17.2 Å². The van der Waals surface area contributed by atoms with Gasteiger partial charge in [-0.25, -0.2) is 4.79 Å². The Labute approximate surface area is 164 Å². The lowest BCUT2D eigenvalue weighted by molar-refractivity contribution is 0.547. The summed E-state index contributed by atoms with van der Waals surface area (Å²) in [5.74, 6) is 0. The fraction of sp³-hybridized carbons (Fsp3) is 0.125. The molecule has 4 aromatic rings. The van der Waals surface area contributed by atoms with Crippen LogP contribution >= 0.6 is 0 Å². The smallest absolute Gasteiger partial charge is 0.341 e. The number of benzene rings is 3. The third-order valence-corrected chi connectivity index (χ3v) is 4.81. The largest absolute Gasteiger partial charge is 0.422 e. The minimum atomic E-state index is -0.329. The van der Waals surface area contributed by atoms with Crippen molar-refractivity contribution in [1.82, 2.24) is 0 Å². The van der Waals surface area contributed by atoms with Gasteiger partial charge in [0, 0.05) is 30.9 Å². The molecule has 4 nitrogen and oxygen atoms in total. The molecule has 140 valence electrons. The van der Waals surface area contributed by atoms with Crippen LogP contribution in [0.2, 0.25) is 0 Å². The van der Waals surface area contributed by atoms with E-state index in [0.29, 0.717) is 11.1 Å². The van der Waals surface area contributed by atoms with E-state index in [1.165, 1.54) is 0 Å². The Kier molecular flexibility index (Phi) is 4.85. The molecule has 1 heterocycles. The first-order valence-electron chi connectivity index (χ1n) is 9.23. The third-order valence-electron chi connectivity index (χ3n) is 4.81. The maximum absolute atomic E-state index is 12.8. The molecule has 0 fully saturated rings. The van der Waals surface area contributed by atoms with Gasteiger partial charge < -0.3 is 14.6 Å². The van der Waals surface area contributed by atoms with E-state index < -0.39 is 0 Å². The van der Waals surface area contributed by atoms with Crippen LogP contribution in [0.3, 0.4) is 0 Å². The molecular weight excluding hydrogens is 348 g/mol. The molecule has 0 aliphatic carbocycles. The summed E-state index contributed by atoms with van der Waals surface area (Å²) in [6.45, 7) is 0. The standard InChI is InChI=1S/C24H22N2O2/c1-26(2)20-14-12-19(13-15-20)25-23(17-8-4-3-5-9-17)21-16-18-10-6-7-11-22(18)28-24(21)27/h3-16,23,25H,1-2H3. The van der Waals surface area contributed by atoms with Gasteiger partial charge in [-0.05, 0) is 42.0 Å². The highest BCUT2D eigenvalue weighted by molar-refractivity contribution is 5.77. The molecule has 1 atom stereocenters. The van der Waals surface area contributed by atoms with Crippen LogP contribution in [0.5, 0.6) is 0 Å². The van der Waals surface area contributed by atoms with E-state index in [1.54, 1.807) is 0 Å². The number of nitrogens with zero attached hydrogens (tertiary/aromatic N) is 1. The highest BCUT2D eigenvalue weighted by atomic mass is 16.4. The van der Waals surface area contributed by atoms with E-state index in [0.717, 1.165) is 22.3 Å². The van der Waals surface area contributed by atoms with Gasteiger partial charge in [0.25, 0.3) is 0 Å². The molecule has 0 saturated carbocycles. The van der Waals surface area contributed by atoms with Crippen molar-refractivity contribution in [3.63, 3.8) is 0 Å². The molecule has 28 heavy (non-hydrogen) atoms. The molecule has 0 amide bonds. The number of hydrogen-bond acceptors (Lipinski definition) is 4. The SMILES string of the molecule is CN(C)c1ccc(NC(c2ccccc2)c2cc3ccccc3oc2=O)cc1. The molecule has 4 rings (SSSR count). The summed E-state index contributed by atoms with van der Waals surface area (Å²) in [6.07, 6.45) is 0. The van der Waals surface area contributed by atoms with E-state index in [-0.39, 0.29) is 11.7 Å². The first kappa shape index (κ1) is 17.9. The second-order valence-electron chi connectivity index (χ2n) is 6.96. The summed E-state index contributed by atoms with van der Waals surface area (Å²) in [6, 6.07) is 27.3. The Morgan fingerprint density at radius 1 is 0.857 bits per heavy atom. The number of rotatable bonds is 5. The first-order valence-corrected chi connectivity index (χ1v) is 9.23. The van der Waals surface area contributed by atoms with Crippen molar-refractivity contribution in [2.45, 2.75) is 6.04 Å². The molecule has 3 aromatic carbocycles. The average molecular weight is 370 g/mol. The van der Waals surface area contributed by atoms with E-state index in [4.69, 9.17) is 4.42 Å². The van der Waals surface area contributed by atoms with Crippen molar-refractivity contribution in [2.24, 2.45) is 0 Å². The molecule has 1 N–H and O–H groups in total. The fourth-order valence-electron chi connectivity index (χ4n) is 3.29. The summed E-state index contributed by atoms with van der Waals surface area (Å²) in [7, 11) is 4.02. The molecule has 0 aliphatic rings. The number of para-hydroxylation sites is 1. The number of fused-ring (bicyclic) bond motifs is 1. The Morgan fingerprint density at radius 2 is 1.54 bits per heavy atom. The zero-order chi connectivity index (χ0) is 19.5. The number of hydrogen-bond donors (Lipinski definition) is 1. The predicted molar refractivity (Wildman–Crippen MR) is 115 cm³/mol. The Balaban J connectivity index is 1.78.